The second kappa shape index (κ2) is 7.73. The fourth-order valence-corrected chi connectivity index (χ4v) is 3.30. The van der Waals surface area contributed by atoms with Crippen molar-refractivity contribution in [3.8, 4) is 11.3 Å². The number of rotatable bonds is 5. The molecule has 1 aromatic heterocycles. The number of nitrogens with zero attached hydrogens (tertiary/aromatic N) is 1. The van der Waals surface area contributed by atoms with Gasteiger partial charge in [0.2, 0.25) is 0 Å². The molecule has 3 rings (SSSR count). The number of aromatic nitrogens is 1. The summed E-state index contributed by atoms with van der Waals surface area (Å²) in [5, 5.41) is 6.12. The van der Waals surface area contributed by atoms with Crippen LogP contribution in [0.4, 0.5) is 0 Å². The highest BCUT2D eigenvalue weighted by atomic mass is 79.9. The molecule has 5 heteroatoms. The van der Waals surface area contributed by atoms with E-state index in [9.17, 15) is 4.79 Å². The number of benzene rings is 2. The predicted octanol–water partition coefficient (Wildman–Crippen LogP) is 5.07. The average molecular weight is 401 g/mol. The zero-order valence-electron chi connectivity index (χ0n) is 13.3. The quantitative estimate of drug-likeness (QED) is 0.649. The summed E-state index contributed by atoms with van der Waals surface area (Å²) in [6.45, 7) is 2.61. The lowest BCUT2D eigenvalue weighted by atomic mass is 10.1. The molecule has 2 aromatic carbocycles. The second-order valence-electron chi connectivity index (χ2n) is 5.37. The molecule has 1 amide bonds. The van der Waals surface area contributed by atoms with E-state index in [1.807, 2.05) is 48.5 Å². The number of aryl methyl sites for hydroxylation is 1. The molecule has 0 fully saturated rings. The molecule has 1 N–H and O–H groups in total. The lowest BCUT2D eigenvalue weighted by Gasteiger charge is -2.06. The standard InChI is InChI=1S/C19H17BrN2OS/c1-2-18-22-17(12-24-18)14-5-7-15(8-6-14)19(23)21-11-13-3-9-16(20)10-4-13/h3-10,12H,2,11H2,1H3,(H,21,23). The van der Waals surface area contributed by atoms with Crippen molar-refractivity contribution in [3.05, 3.63) is 74.5 Å². The molecule has 0 saturated carbocycles. The van der Waals surface area contributed by atoms with E-state index < -0.39 is 0 Å². The average Bonchev–Trinajstić information content (AvgIpc) is 3.10. The maximum Gasteiger partial charge on any atom is 0.251 e. The van der Waals surface area contributed by atoms with Crippen LogP contribution in [0.2, 0.25) is 0 Å². The van der Waals surface area contributed by atoms with Gasteiger partial charge in [-0.15, -0.1) is 11.3 Å². The monoisotopic (exact) mass is 400 g/mol. The number of carbonyl (C=O) groups excluding carboxylic acids is 1. The number of thiazole rings is 1. The molecule has 122 valence electrons. The van der Waals surface area contributed by atoms with Gasteiger partial charge >= 0.3 is 0 Å². The van der Waals surface area contributed by atoms with Crippen molar-refractivity contribution in [2.24, 2.45) is 0 Å². The van der Waals surface area contributed by atoms with E-state index in [1.165, 1.54) is 0 Å². The minimum atomic E-state index is -0.0722. The Morgan fingerprint density at radius 3 is 2.46 bits per heavy atom. The smallest absolute Gasteiger partial charge is 0.251 e. The number of hydrogen-bond donors (Lipinski definition) is 1. The molecule has 0 bridgehead atoms. The largest absolute Gasteiger partial charge is 0.348 e. The van der Waals surface area contributed by atoms with Gasteiger partial charge in [-0.3, -0.25) is 4.79 Å². The topological polar surface area (TPSA) is 42.0 Å². The normalized spacial score (nSPS) is 10.6. The van der Waals surface area contributed by atoms with Crippen LogP contribution in [0.3, 0.4) is 0 Å². The van der Waals surface area contributed by atoms with Gasteiger partial charge in [0.25, 0.3) is 5.91 Å². The zero-order chi connectivity index (χ0) is 16.9. The number of halogens is 1. The third-order valence-corrected chi connectivity index (χ3v) is 5.19. The first-order valence-electron chi connectivity index (χ1n) is 7.73. The minimum Gasteiger partial charge on any atom is -0.348 e. The lowest BCUT2D eigenvalue weighted by molar-refractivity contribution is 0.0951. The highest BCUT2D eigenvalue weighted by molar-refractivity contribution is 9.10. The molecule has 0 aliphatic carbocycles. The van der Waals surface area contributed by atoms with Crippen LogP contribution < -0.4 is 5.32 Å². The molecule has 0 aliphatic heterocycles. The molecule has 0 atom stereocenters. The van der Waals surface area contributed by atoms with Crippen LogP contribution in [0.1, 0.15) is 27.9 Å². The molecule has 3 nitrogen and oxygen atoms in total. The van der Waals surface area contributed by atoms with Crippen LogP contribution in [0.15, 0.2) is 58.4 Å². The van der Waals surface area contributed by atoms with E-state index in [2.05, 4.69) is 38.5 Å². The van der Waals surface area contributed by atoms with Crippen molar-refractivity contribution in [1.29, 1.82) is 0 Å². The van der Waals surface area contributed by atoms with Gasteiger partial charge in [0.15, 0.2) is 0 Å². The third kappa shape index (κ3) is 4.10. The summed E-state index contributed by atoms with van der Waals surface area (Å²) in [4.78, 5) is 16.8. The van der Waals surface area contributed by atoms with Gasteiger partial charge in [-0.25, -0.2) is 4.98 Å². The molecular formula is C19H17BrN2OS. The summed E-state index contributed by atoms with van der Waals surface area (Å²) in [6.07, 6.45) is 0.946. The van der Waals surface area contributed by atoms with Crippen molar-refractivity contribution in [2.75, 3.05) is 0 Å². The molecule has 0 saturated heterocycles. The third-order valence-electron chi connectivity index (χ3n) is 3.66. The van der Waals surface area contributed by atoms with Gasteiger partial charge in [0, 0.05) is 27.5 Å². The van der Waals surface area contributed by atoms with Gasteiger partial charge < -0.3 is 5.32 Å². The minimum absolute atomic E-state index is 0.0722. The first-order chi connectivity index (χ1) is 11.7. The van der Waals surface area contributed by atoms with E-state index in [4.69, 9.17) is 0 Å². The summed E-state index contributed by atoms with van der Waals surface area (Å²) in [6, 6.07) is 15.5. The zero-order valence-corrected chi connectivity index (χ0v) is 15.7. The molecular weight excluding hydrogens is 384 g/mol. The van der Waals surface area contributed by atoms with Crippen LogP contribution in [-0.2, 0) is 13.0 Å². The Morgan fingerprint density at radius 2 is 1.83 bits per heavy atom. The van der Waals surface area contributed by atoms with Crippen molar-refractivity contribution in [3.63, 3.8) is 0 Å². The Hall–Kier alpha value is -1.98. The van der Waals surface area contributed by atoms with Gasteiger partial charge in [-0.1, -0.05) is 47.1 Å². The summed E-state index contributed by atoms with van der Waals surface area (Å²) >= 11 is 5.07. The van der Waals surface area contributed by atoms with Crippen LogP contribution in [0.25, 0.3) is 11.3 Å². The predicted molar refractivity (Wildman–Crippen MR) is 102 cm³/mol. The van der Waals surface area contributed by atoms with E-state index in [0.29, 0.717) is 12.1 Å². The first kappa shape index (κ1) is 16.9. The number of nitrogens with one attached hydrogen (secondary N) is 1. The van der Waals surface area contributed by atoms with Crippen LogP contribution in [0, 0.1) is 0 Å². The Morgan fingerprint density at radius 1 is 1.12 bits per heavy atom. The molecule has 0 unspecified atom stereocenters. The highest BCUT2D eigenvalue weighted by Gasteiger charge is 2.07. The van der Waals surface area contributed by atoms with Crippen molar-refractivity contribution in [2.45, 2.75) is 19.9 Å². The van der Waals surface area contributed by atoms with E-state index >= 15 is 0 Å². The van der Waals surface area contributed by atoms with Crippen molar-refractivity contribution in [1.82, 2.24) is 10.3 Å². The van der Waals surface area contributed by atoms with Crippen LogP contribution in [0.5, 0.6) is 0 Å². The molecule has 3 aromatic rings. The highest BCUT2D eigenvalue weighted by Crippen LogP contribution is 2.22. The summed E-state index contributed by atoms with van der Waals surface area (Å²) in [7, 11) is 0. The van der Waals surface area contributed by atoms with Gasteiger partial charge in [0.1, 0.15) is 0 Å². The second-order valence-corrected chi connectivity index (χ2v) is 7.22. The summed E-state index contributed by atoms with van der Waals surface area (Å²) in [5.41, 5.74) is 3.73. The fraction of sp³-hybridized carbons (Fsp3) is 0.158. The van der Waals surface area contributed by atoms with Crippen molar-refractivity contribution < 1.29 is 4.79 Å². The number of amides is 1. The molecule has 0 aliphatic rings. The molecule has 0 spiro atoms. The van der Waals surface area contributed by atoms with E-state index in [1.54, 1.807) is 11.3 Å². The van der Waals surface area contributed by atoms with Crippen LogP contribution in [-0.4, -0.2) is 10.9 Å². The molecule has 24 heavy (non-hydrogen) atoms. The first-order valence-corrected chi connectivity index (χ1v) is 9.40. The van der Waals surface area contributed by atoms with Gasteiger partial charge in [0.05, 0.1) is 10.7 Å². The fourth-order valence-electron chi connectivity index (χ4n) is 2.28. The molecule has 0 radical (unpaired) electrons. The lowest BCUT2D eigenvalue weighted by Crippen LogP contribution is -2.22. The Kier molecular flexibility index (Phi) is 5.43. The van der Waals surface area contributed by atoms with E-state index in [-0.39, 0.29) is 5.91 Å². The maximum atomic E-state index is 12.2. The van der Waals surface area contributed by atoms with E-state index in [0.717, 1.165) is 32.7 Å². The van der Waals surface area contributed by atoms with Gasteiger partial charge in [-0.05, 0) is 36.2 Å². The molecule has 1 heterocycles. The summed E-state index contributed by atoms with van der Waals surface area (Å²) in [5.74, 6) is -0.0722. The SMILES string of the molecule is CCc1nc(-c2ccc(C(=O)NCc3ccc(Br)cc3)cc2)cs1. The Balaban J connectivity index is 1.64. The number of hydrogen-bond acceptors (Lipinski definition) is 3. The summed E-state index contributed by atoms with van der Waals surface area (Å²) < 4.78 is 1.03. The van der Waals surface area contributed by atoms with Crippen molar-refractivity contribution >= 4 is 33.2 Å². The Bertz CT molecular complexity index is 825. The van der Waals surface area contributed by atoms with Crippen LogP contribution >= 0.6 is 27.3 Å². The Labute approximate surface area is 153 Å². The maximum absolute atomic E-state index is 12.2. The van der Waals surface area contributed by atoms with Gasteiger partial charge in [-0.2, -0.15) is 0 Å². The number of carbonyl (C=O) groups is 1.